The molecule has 0 radical (unpaired) electrons. The van der Waals surface area contributed by atoms with Gasteiger partial charge in [0.25, 0.3) is 5.91 Å². The van der Waals surface area contributed by atoms with Crippen molar-refractivity contribution in [2.45, 2.75) is 0 Å². The number of carbonyl (C=O) groups is 1. The molecular weight excluding hydrogens is 270 g/mol. The molecule has 108 valence electrons. The predicted octanol–water partition coefficient (Wildman–Crippen LogP) is 1.14. The van der Waals surface area contributed by atoms with Gasteiger partial charge in [-0.3, -0.25) is 9.48 Å². The Kier molecular flexibility index (Phi) is 2.90. The van der Waals surface area contributed by atoms with E-state index in [9.17, 15) is 9.90 Å². The van der Waals surface area contributed by atoms with Crippen LogP contribution < -0.4 is 0 Å². The van der Waals surface area contributed by atoms with Crippen LogP contribution in [0.3, 0.4) is 0 Å². The van der Waals surface area contributed by atoms with Crippen molar-refractivity contribution in [2.75, 3.05) is 14.1 Å². The van der Waals surface area contributed by atoms with Crippen LogP contribution in [0.5, 0.6) is 5.75 Å². The first-order valence-electron chi connectivity index (χ1n) is 6.38. The van der Waals surface area contributed by atoms with Gasteiger partial charge < -0.3 is 10.0 Å². The topological polar surface area (TPSA) is 75.7 Å². The quantitative estimate of drug-likeness (QED) is 0.766. The molecule has 0 aliphatic rings. The van der Waals surface area contributed by atoms with E-state index in [0.29, 0.717) is 11.1 Å². The predicted molar refractivity (Wildman–Crippen MR) is 77.1 cm³/mol. The third-order valence-corrected chi connectivity index (χ3v) is 3.27. The number of pyridine rings is 1. The summed E-state index contributed by atoms with van der Waals surface area (Å²) in [5.74, 6) is -0.187. The van der Waals surface area contributed by atoms with E-state index in [1.54, 1.807) is 37.2 Å². The molecule has 7 nitrogen and oxygen atoms in total. The molecule has 0 saturated heterocycles. The highest BCUT2D eigenvalue weighted by Gasteiger charge is 2.18. The number of hydrogen-bond donors (Lipinski definition) is 1. The van der Waals surface area contributed by atoms with E-state index in [1.807, 2.05) is 13.2 Å². The van der Waals surface area contributed by atoms with Crippen LogP contribution in [-0.4, -0.2) is 49.4 Å². The Morgan fingerprint density at radius 3 is 2.57 bits per heavy atom. The average Bonchev–Trinajstić information content (AvgIpc) is 3.04. The number of aryl methyl sites for hydroxylation is 1. The van der Waals surface area contributed by atoms with Crippen molar-refractivity contribution >= 4 is 11.4 Å². The lowest BCUT2D eigenvalue weighted by Crippen LogP contribution is -2.21. The molecule has 3 heterocycles. The summed E-state index contributed by atoms with van der Waals surface area (Å²) in [6.45, 7) is 0. The molecule has 3 rings (SSSR count). The van der Waals surface area contributed by atoms with Gasteiger partial charge in [0, 0.05) is 44.7 Å². The standard InChI is InChI=1S/C14H15N5O2/c1-17(2)14(21)11-6-16-19-8-9(4-12(20)13(11)19)10-5-15-18(3)7-10/h4-8,20H,1-3H3. The second kappa shape index (κ2) is 4.62. The number of aromatic nitrogens is 4. The minimum absolute atomic E-state index is 0.0130. The maximum Gasteiger partial charge on any atom is 0.257 e. The van der Waals surface area contributed by atoms with E-state index < -0.39 is 0 Å². The molecule has 0 bridgehead atoms. The highest BCUT2D eigenvalue weighted by Crippen LogP contribution is 2.29. The summed E-state index contributed by atoms with van der Waals surface area (Å²) < 4.78 is 3.19. The zero-order valence-corrected chi connectivity index (χ0v) is 12.0. The molecule has 0 unspecified atom stereocenters. The monoisotopic (exact) mass is 285 g/mol. The van der Waals surface area contributed by atoms with E-state index in [-0.39, 0.29) is 11.7 Å². The van der Waals surface area contributed by atoms with Gasteiger partial charge in [0.1, 0.15) is 11.3 Å². The van der Waals surface area contributed by atoms with Gasteiger partial charge in [-0.05, 0) is 6.07 Å². The van der Waals surface area contributed by atoms with E-state index in [4.69, 9.17) is 0 Å². The zero-order chi connectivity index (χ0) is 15.1. The van der Waals surface area contributed by atoms with Crippen LogP contribution >= 0.6 is 0 Å². The summed E-state index contributed by atoms with van der Waals surface area (Å²) in [5.41, 5.74) is 2.42. The first kappa shape index (κ1) is 13.2. The molecule has 3 aromatic rings. The van der Waals surface area contributed by atoms with Gasteiger partial charge in [0.15, 0.2) is 0 Å². The summed E-state index contributed by atoms with van der Waals surface area (Å²) in [4.78, 5) is 13.5. The number of amides is 1. The van der Waals surface area contributed by atoms with Crippen LogP contribution in [-0.2, 0) is 7.05 Å². The van der Waals surface area contributed by atoms with Gasteiger partial charge in [0.05, 0.1) is 18.0 Å². The minimum Gasteiger partial charge on any atom is -0.506 e. The Balaban J connectivity index is 2.17. The lowest BCUT2D eigenvalue weighted by Gasteiger charge is -2.09. The highest BCUT2D eigenvalue weighted by molar-refractivity contribution is 6.02. The summed E-state index contributed by atoms with van der Waals surface area (Å²) in [5, 5.41) is 18.5. The Morgan fingerprint density at radius 1 is 1.19 bits per heavy atom. The fraction of sp³-hybridized carbons (Fsp3) is 0.214. The Labute approximate surface area is 121 Å². The summed E-state index contributed by atoms with van der Waals surface area (Å²) in [6, 6.07) is 1.61. The van der Waals surface area contributed by atoms with Gasteiger partial charge >= 0.3 is 0 Å². The molecule has 0 aliphatic carbocycles. The number of rotatable bonds is 2. The second-order valence-electron chi connectivity index (χ2n) is 5.07. The molecule has 7 heteroatoms. The van der Waals surface area contributed by atoms with Crippen molar-refractivity contribution in [2.24, 2.45) is 7.05 Å². The molecule has 21 heavy (non-hydrogen) atoms. The highest BCUT2D eigenvalue weighted by atomic mass is 16.3. The smallest absolute Gasteiger partial charge is 0.257 e. The number of fused-ring (bicyclic) bond motifs is 1. The second-order valence-corrected chi connectivity index (χ2v) is 5.07. The summed E-state index contributed by atoms with van der Waals surface area (Å²) >= 11 is 0. The van der Waals surface area contributed by atoms with E-state index in [1.165, 1.54) is 15.6 Å². The third-order valence-electron chi connectivity index (χ3n) is 3.27. The lowest BCUT2D eigenvalue weighted by atomic mass is 10.1. The van der Waals surface area contributed by atoms with Crippen molar-refractivity contribution in [1.29, 1.82) is 0 Å². The molecule has 0 atom stereocenters. The van der Waals surface area contributed by atoms with Crippen molar-refractivity contribution in [3.05, 3.63) is 36.4 Å². The maximum atomic E-state index is 12.1. The van der Waals surface area contributed by atoms with E-state index >= 15 is 0 Å². The van der Waals surface area contributed by atoms with Crippen LogP contribution in [0.2, 0.25) is 0 Å². The van der Waals surface area contributed by atoms with Crippen LogP contribution in [0.15, 0.2) is 30.9 Å². The largest absolute Gasteiger partial charge is 0.506 e. The van der Waals surface area contributed by atoms with Crippen molar-refractivity contribution in [3.8, 4) is 16.9 Å². The van der Waals surface area contributed by atoms with Crippen molar-refractivity contribution in [3.63, 3.8) is 0 Å². The first-order chi connectivity index (χ1) is 9.97. The summed E-state index contributed by atoms with van der Waals surface area (Å²) in [6.07, 6.45) is 6.77. The fourth-order valence-electron chi connectivity index (χ4n) is 2.23. The number of hydrogen-bond acceptors (Lipinski definition) is 4. The molecule has 3 aromatic heterocycles. The molecule has 0 spiro atoms. The molecule has 0 saturated carbocycles. The number of carbonyl (C=O) groups excluding carboxylic acids is 1. The Morgan fingerprint density at radius 2 is 1.95 bits per heavy atom. The Bertz CT molecular complexity index is 831. The third kappa shape index (κ3) is 2.12. The van der Waals surface area contributed by atoms with Gasteiger partial charge in [-0.2, -0.15) is 10.2 Å². The SMILES string of the molecule is CN(C)C(=O)c1cnn2cc(-c3cnn(C)c3)cc(O)c12. The Hall–Kier alpha value is -2.83. The van der Waals surface area contributed by atoms with Crippen LogP contribution in [0.1, 0.15) is 10.4 Å². The lowest BCUT2D eigenvalue weighted by molar-refractivity contribution is 0.0829. The molecule has 0 aliphatic heterocycles. The average molecular weight is 285 g/mol. The maximum absolute atomic E-state index is 12.1. The number of aromatic hydroxyl groups is 1. The summed E-state index contributed by atoms with van der Waals surface area (Å²) in [7, 11) is 5.14. The van der Waals surface area contributed by atoms with Gasteiger partial charge in [0.2, 0.25) is 0 Å². The minimum atomic E-state index is -0.200. The van der Waals surface area contributed by atoms with Gasteiger partial charge in [-0.25, -0.2) is 4.52 Å². The van der Waals surface area contributed by atoms with E-state index in [0.717, 1.165) is 11.1 Å². The number of nitrogens with zero attached hydrogens (tertiary/aromatic N) is 5. The van der Waals surface area contributed by atoms with Crippen LogP contribution in [0.25, 0.3) is 16.6 Å². The van der Waals surface area contributed by atoms with E-state index in [2.05, 4.69) is 10.2 Å². The zero-order valence-electron chi connectivity index (χ0n) is 12.0. The normalized spacial score (nSPS) is 11.0. The molecule has 1 N–H and O–H groups in total. The van der Waals surface area contributed by atoms with Gasteiger partial charge in [-0.15, -0.1) is 0 Å². The fourth-order valence-corrected chi connectivity index (χ4v) is 2.23. The van der Waals surface area contributed by atoms with Crippen molar-refractivity contribution in [1.82, 2.24) is 24.3 Å². The molecule has 0 aromatic carbocycles. The molecule has 0 fully saturated rings. The van der Waals surface area contributed by atoms with Crippen molar-refractivity contribution < 1.29 is 9.90 Å². The molecular formula is C14H15N5O2. The van der Waals surface area contributed by atoms with Crippen LogP contribution in [0.4, 0.5) is 0 Å². The first-order valence-corrected chi connectivity index (χ1v) is 6.38. The van der Waals surface area contributed by atoms with Crippen LogP contribution in [0, 0.1) is 0 Å². The van der Waals surface area contributed by atoms with Gasteiger partial charge in [-0.1, -0.05) is 0 Å². The molecule has 1 amide bonds.